The number of rotatable bonds is 5. The maximum atomic E-state index is 11.9. The summed E-state index contributed by atoms with van der Waals surface area (Å²) in [5.74, 6) is -0.211. The Balaban J connectivity index is 0.000000287. The number of hydrogen-bond donors (Lipinski definition) is 2. The average molecular weight is 507 g/mol. The number of carboxylic acids is 1. The fourth-order valence-corrected chi connectivity index (χ4v) is 2.95. The maximum Gasteiger partial charge on any atom is 0.305 e. The van der Waals surface area contributed by atoms with E-state index < -0.39 is 5.97 Å². The molecule has 194 valence electrons. The van der Waals surface area contributed by atoms with Gasteiger partial charge in [-0.15, -0.1) is 0 Å². The molecule has 1 fully saturated rings. The zero-order valence-corrected chi connectivity index (χ0v) is 22.6. The lowest BCUT2D eigenvalue weighted by atomic mass is 10.0. The van der Waals surface area contributed by atoms with E-state index in [-0.39, 0.29) is 11.8 Å². The molecule has 0 bridgehead atoms. The predicted molar refractivity (Wildman–Crippen MR) is 140 cm³/mol. The van der Waals surface area contributed by atoms with Crippen molar-refractivity contribution in [3.63, 3.8) is 0 Å². The van der Waals surface area contributed by atoms with Crippen LogP contribution in [0.15, 0.2) is 24.4 Å². The Bertz CT molecular complexity index is 962. The first-order valence-corrected chi connectivity index (χ1v) is 12.2. The number of aliphatic carboxylic acids is 1. The highest BCUT2D eigenvalue weighted by Crippen LogP contribution is 2.16. The number of aromatic nitrogens is 2. The molecule has 8 nitrogen and oxygen atoms in total. The molecule has 1 aliphatic heterocycles. The number of amides is 1. The second-order valence-electron chi connectivity index (χ2n) is 8.79. The lowest BCUT2D eigenvalue weighted by molar-refractivity contribution is -0.140. The summed E-state index contributed by atoms with van der Waals surface area (Å²) in [6.45, 7) is 13.5. The van der Waals surface area contributed by atoms with Gasteiger partial charge in [0, 0.05) is 38.4 Å². The summed E-state index contributed by atoms with van der Waals surface area (Å²) in [5.41, 5.74) is 3.79. The molecule has 2 N–H and O–H groups in total. The van der Waals surface area contributed by atoms with Gasteiger partial charge in [-0.3, -0.25) is 9.59 Å². The van der Waals surface area contributed by atoms with Crippen LogP contribution in [0.3, 0.4) is 0 Å². The lowest BCUT2D eigenvalue weighted by Crippen LogP contribution is -2.28. The van der Waals surface area contributed by atoms with Gasteiger partial charge in [-0.05, 0) is 52.2 Å². The highest BCUT2D eigenvalue weighted by Gasteiger charge is 2.15. The number of hydrogen-bond acceptors (Lipinski definition) is 6. The minimum atomic E-state index is -0.741. The Morgan fingerprint density at radius 3 is 2.34 bits per heavy atom. The van der Waals surface area contributed by atoms with Crippen molar-refractivity contribution in [3.8, 4) is 0 Å². The number of benzene rings is 1. The van der Waals surface area contributed by atoms with E-state index in [1.54, 1.807) is 24.9 Å². The third-order valence-corrected chi connectivity index (χ3v) is 5.78. The molecule has 1 aliphatic rings. The number of halogens is 1. The van der Waals surface area contributed by atoms with Crippen LogP contribution in [-0.4, -0.2) is 64.7 Å². The van der Waals surface area contributed by atoms with Crippen LogP contribution in [0.1, 0.15) is 60.8 Å². The summed E-state index contributed by atoms with van der Waals surface area (Å²) in [5, 5.41) is 11.9. The van der Waals surface area contributed by atoms with Gasteiger partial charge in [-0.2, -0.15) is 0 Å². The number of ether oxygens (including phenoxy) is 1. The number of anilines is 1. The molecule has 1 aromatic heterocycles. The van der Waals surface area contributed by atoms with Crippen molar-refractivity contribution in [1.29, 1.82) is 0 Å². The summed E-state index contributed by atoms with van der Waals surface area (Å²) in [6, 6.07) is 6.38. The van der Waals surface area contributed by atoms with Gasteiger partial charge in [-0.25, -0.2) is 9.97 Å². The quantitative estimate of drug-likeness (QED) is 0.577. The Kier molecular flexibility index (Phi) is 13.3. The Labute approximate surface area is 214 Å². The topological polar surface area (TPSA) is 105 Å². The van der Waals surface area contributed by atoms with Crippen molar-refractivity contribution in [2.24, 2.45) is 5.92 Å². The molecular weight excluding hydrogens is 468 g/mol. The molecule has 2 heterocycles. The van der Waals surface area contributed by atoms with E-state index in [4.69, 9.17) is 21.4 Å². The van der Waals surface area contributed by atoms with Crippen molar-refractivity contribution < 1.29 is 19.4 Å². The van der Waals surface area contributed by atoms with E-state index in [2.05, 4.69) is 15.3 Å². The van der Waals surface area contributed by atoms with Gasteiger partial charge in [-0.1, -0.05) is 43.1 Å². The molecule has 0 atom stereocenters. The molecule has 35 heavy (non-hydrogen) atoms. The second-order valence-corrected chi connectivity index (χ2v) is 9.20. The van der Waals surface area contributed by atoms with Gasteiger partial charge in [0.25, 0.3) is 5.91 Å². The van der Waals surface area contributed by atoms with Crippen LogP contribution in [-0.2, 0) is 9.53 Å². The first-order chi connectivity index (χ1) is 16.5. The zero-order valence-electron chi connectivity index (χ0n) is 21.9. The Morgan fingerprint density at radius 1 is 1.23 bits per heavy atom. The number of carbonyl (C=O) groups is 2. The number of aryl methyl sites for hydroxylation is 3. The highest BCUT2D eigenvalue weighted by atomic mass is 35.5. The van der Waals surface area contributed by atoms with Crippen molar-refractivity contribution in [2.75, 3.05) is 32.1 Å². The minimum Gasteiger partial charge on any atom is -0.481 e. The van der Waals surface area contributed by atoms with Gasteiger partial charge in [0.15, 0.2) is 0 Å². The van der Waals surface area contributed by atoms with E-state index in [1.807, 2.05) is 52.9 Å². The fourth-order valence-electron chi connectivity index (χ4n) is 2.86. The second kappa shape index (κ2) is 15.3. The smallest absolute Gasteiger partial charge is 0.305 e. The van der Waals surface area contributed by atoms with Gasteiger partial charge in [0.05, 0.1) is 22.8 Å². The number of carbonyl (C=O) groups excluding carboxylic acids is 1. The molecular formula is C26H39ClN4O4. The van der Waals surface area contributed by atoms with Crippen LogP contribution in [0.5, 0.6) is 0 Å². The predicted octanol–water partition coefficient (Wildman–Crippen LogP) is 5.15. The third kappa shape index (κ3) is 11.0. The molecule has 1 saturated heterocycles. The van der Waals surface area contributed by atoms with Crippen LogP contribution in [0.25, 0.3) is 0 Å². The molecule has 3 rings (SSSR count). The molecule has 0 unspecified atom stereocenters. The molecule has 2 aromatic rings. The average Bonchev–Trinajstić information content (AvgIpc) is 2.83. The van der Waals surface area contributed by atoms with Gasteiger partial charge in [0.1, 0.15) is 0 Å². The van der Waals surface area contributed by atoms with Crippen LogP contribution < -0.4 is 5.32 Å². The Hall–Kier alpha value is -2.71. The summed E-state index contributed by atoms with van der Waals surface area (Å²) in [4.78, 5) is 31.7. The summed E-state index contributed by atoms with van der Waals surface area (Å²) < 4.78 is 5.28. The van der Waals surface area contributed by atoms with E-state index in [0.29, 0.717) is 17.0 Å². The summed E-state index contributed by atoms with van der Waals surface area (Å²) in [6.07, 6.45) is 3.64. The molecule has 1 aromatic carbocycles. The van der Waals surface area contributed by atoms with Crippen LogP contribution in [0.4, 0.5) is 5.95 Å². The van der Waals surface area contributed by atoms with Crippen LogP contribution in [0, 0.1) is 26.7 Å². The first-order valence-electron chi connectivity index (χ1n) is 11.8. The van der Waals surface area contributed by atoms with Crippen molar-refractivity contribution in [2.45, 2.75) is 60.4 Å². The SMILES string of the molecule is CC(C)C(=O)O.CCN(C)C(=O)c1cc(C)ccc1C.Cc1nc(NC2CCOCC2)ncc1Cl. The molecule has 0 aliphatic carbocycles. The van der Waals surface area contributed by atoms with E-state index in [0.717, 1.165) is 55.0 Å². The van der Waals surface area contributed by atoms with Crippen molar-refractivity contribution >= 4 is 29.4 Å². The van der Waals surface area contributed by atoms with Crippen LogP contribution >= 0.6 is 11.6 Å². The number of nitrogens with one attached hydrogen (secondary N) is 1. The van der Waals surface area contributed by atoms with E-state index in [9.17, 15) is 9.59 Å². The standard InChI is InChI=1S/C12H17NO.C10H14ClN3O.C4H8O2/c1-5-13(4)12(14)11-8-9(2)6-7-10(11)3;1-7-9(11)6-12-10(13-7)14-8-2-4-15-5-3-8;1-3(2)4(5)6/h6-8H,5H2,1-4H3;6,8H,2-5H2,1H3,(H,12,13,14);3H,1-2H3,(H,5,6). The minimum absolute atomic E-state index is 0.105. The highest BCUT2D eigenvalue weighted by molar-refractivity contribution is 6.31. The molecule has 0 saturated carbocycles. The number of carboxylic acid groups (broad SMARTS) is 1. The molecule has 1 amide bonds. The summed E-state index contributed by atoms with van der Waals surface area (Å²) in [7, 11) is 1.82. The van der Waals surface area contributed by atoms with Gasteiger partial charge >= 0.3 is 5.97 Å². The fraction of sp³-hybridized carbons (Fsp3) is 0.538. The van der Waals surface area contributed by atoms with E-state index >= 15 is 0 Å². The van der Waals surface area contributed by atoms with Crippen molar-refractivity contribution in [3.05, 3.63) is 51.8 Å². The Morgan fingerprint density at radius 2 is 1.83 bits per heavy atom. The number of nitrogens with zero attached hydrogens (tertiary/aromatic N) is 3. The summed E-state index contributed by atoms with van der Waals surface area (Å²) >= 11 is 5.85. The molecule has 0 spiro atoms. The lowest BCUT2D eigenvalue weighted by Gasteiger charge is -2.23. The normalized spacial score (nSPS) is 13.2. The van der Waals surface area contributed by atoms with Gasteiger partial charge in [0.2, 0.25) is 5.95 Å². The molecule has 0 radical (unpaired) electrons. The largest absolute Gasteiger partial charge is 0.481 e. The third-order valence-electron chi connectivity index (χ3n) is 5.41. The maximum absolute atomic E-state index is 11.9. The van der Waals surface area contributed by atoms with Gasteiger partial charge < -0.3 is 20.1 Å². The monoisotopic (exact) mass is 506 g/mol. The van der Waals surface area contributed by atoms with Crippen LogP contribution in [0.2, 0.25) is 5.02 Å². The zero-order chi connectivity index (χ0) is 26.5. The van der Waals surface area contributed by atoms with Crippen molar-refractivity contribution in [1.82, 2.24) is 14.9 Å². The van der Waals surface area contributed by atoms with E-state index in [1.165, 1.54) is 0 Å². The first kappa shape index (κ1) is 30.3. The molecule has 9 heteroatoms.